The molecule has 1 aliphatic rings. The van der Waals surface area contributed by atoms with Gasteiger partial charge in [-0.3, -0.25) is 4.21 Å². The van der Waals surface area contributed by atoms with E-state index in [9.17, 15) is 4.21 Å². The Balaban J connectivity index is 2.22. The fourth-order valence-electron chi connectivity index (χ4n) is 1.99. The van der Waals surface area contributed by atoms with Gasteiger partial charge in [0, 0.05) is 22.3 Å². The van der Waals surface area contributed by atoms with Crippen LogP contribution in [0.1, 0.15) is 46.0 Å². The summed E-state index contributed by atoms with van der Waals surface area (Å²) in [5.74, 6) is 2.40. The first-order valence-electron chi connectivity index (χ1n) is 6.28. The number of ether oxygens (including phenoxy) is 1. The van der Waals surface area contributed by atoms with Crippen LogP contribution in [0.25, 0.3) is 0 Å². The van der Waals surface area contributed by atoms with E-state index in [1.165, 1.54) is 24.8 Å². The largest absolute Gasteiger partial charge is 0.501 e. The fraction of sp³-hybridized carbons (Fsp3) is 0.846. The van der Waals surface area contributed by atoms with Crippen molar-refractivity contribution in [2.24, 2.45) is 5.92 Å². The molecule has 0 bridgehead atoms. The third-order valence-electron chi connectivity index (χ3n) is 2.87. The van der Waals surface area contributed by atoms with Crippen molar-refractivity contribution in [2.75, 3.05) is 18.1 Å². The van der Waals surface area contributed by atoms with Crippen molar-refractivity contribution in [2.45, 2.75) is 46.0 Å². The first-order valence-corrected chi connectivity index (χ1v) is 7.77. The van der Waals surface area contributed by atoms with E-state index in [1.54, 1.807) is 0 Å². The highest BCUT2D eigenvalue weighted by Crippen LogP contribution is 2.19. The number of hydrogen-bond donors (Lipinski definition) is 0. The summed E-state index contributed by atoms with van der Waals surface area (Å²) in [4.78, 5) is 0. The Kier molecular flexibility index (Phi) is 6.78. The summed E-state index contributed by atoms with van der Waals surface area (Å²) in [6.07, 6.45) is 7.79. The molecule has 1 saturated heterocycles. The van der Waals surface area contributed by atoms with Crippen LogP contribution in [0.4, 0.5) is 0 Å². The Morgan fingerprint density at radius 1 is 1.38 bits per heavy atom. The predicted molar refractivity (Wildman–Crippen MR) is 69.8 cm³/mol. The van der Waals surface area contributed by atoms with Gasteiger partial charge >= 0.3 is 0 Å². The minimum absolute atomic E-state index is 0.584. The van der Waals surface area contributed by atoms with Crippen LogP contribution in [0.2, 0.25) is 0 Å². The Morgan fingerprint density at radius 2 is 2.19 bits per heavy atom. The molecule has 0 radical (unpaired) electrons. The second kappa shape index (κ2) is 7.88. The van der Waals surface area contributed by atoms with E-state index >= 15 is 0 Å². The summed E-state index contributed by atoms with van der Waals surface area (Å²) >= 11 is 0. The molecule has 1 fully saturated rings. The molecule has 2 atom stereocenters. The maximum atomic E-state index is 11.6. The minimum atomic E-state index is -0.584. The zero-order chi connectivity index (χ0) is 11.8. The minimum Gasteiger partial charge on any atom is -0.501 e. The van der Waals surface area contributed by atoms with Gasteiger partial charge in [-0.2, -0.15) is 0 Å². The van der Waals surface area contributed by atoms with Gasteiger partial charge in [0.25, 0.3) is 0 Å². The Morgan fingerprint density at radius 3 is 2.94 bits per heavy atom. The summed E-state index contributed by atoms with van der Waals surface area (Å²) in [5.41, 5.74) is 1.20. The summed E-state index contributed by atoms with van der Waals surface area (Å²) in [5, 5.41) is 0. The highest BCUT2D eigenvalue weighted by atomic mass is 32.2. The molecule has 1 heterocycles. The van der Waals surface area contributed by atoms with Gasteiger partial charge < -0.3 is 4.74 Å². The van der Waals surface area contributed by atoms with E-state index in [0.717, 1.165) is 31.0 Å². The molecule has 0 aromatic heterocycles. The molecule has 2 nitrogen and oxygen atoms in total. The second-order valence-electron chi connectivity index (χ2n) is 4.88. The monoisotopic (exact) mass is 244 g/mol. The Bertz CT molecular complexity index is 244. The number of allylic oxidation sites excluding steroid dienone is 1. The Hall–Kier alpha value is -0.310. The van der Waals surface area contributed by atoms with Crippen LogP contribution in [-0.4, -0.2) is 22.3 Å². The van der Waals surface area contributed by atoms with Gasteiger partial charge in [0.15, 0.2) is 0 Å². The molecule has 0 aromatic carbocycles. The van der Waals surface area contributed by atoms with Gasteiger partial charge in [-0.15, -0.1) is 0 Å². The lowest BCUT2D eigenvalue weighted by Crippen LogP contribution is -2.17. The van der Waals surface area contributed by atoms with Crippen LogP contribution in [0.15, 0.2) is 11.8 Å². The lowest BCUT2D eigenvalue weighted by molar-refractivity contribution is 0.219. The molecule has 0 aromatic rings. The van der Waals surface area contributed by atoms with Gasteiger partial charge in [0.2, 0.25) is 0 Å². The quantitative estimate of drug-likeness (QED) is 0.560. The topological polar surface area (TPSA) is 26.3 Å². The van der Waals surface area contributed by atoms with Crippen molar-refractivity contribution in [1.29, 1.82) is 0 Å². The summed E-state index contributed by atoms with van der Waals surface area (Å²) in [7, 11) is -0.584. The smallest absolute Gasteiger partial charge is 0.0876 e. The van der Waals surface area contributed by atoms with Gasteiger partial charge in [-0.1, -0.05) is 12.8 Å². The second-order valence-corrected chi connectivity index (χ2v) is 6.50. The van der Waals surface area contributed by atoms with Crippen LogP contribution in [0.3, 0.4) is 0 Å². The summed E-state index contributed by atoms with van der Waals surface area (Å²) in [6, 6.07) is 0. The molecule has 0 spiro atoms. The fourth-order valence-corrected chi connectivity index (χ4v) is 3.54. The van der Waals surface area contributed by atoms with Crippen molar-refractivity contribution < 1.29 is 8.95 Å². The van der Waals surface area contributed by atoms with Gasteiger partial charge in [0.1, 0.15) is 0 Å². The van der Waals surface area contributed by atoms with Gasteiger partial charge in [-0.25, -0.2) is 0 Å². The maximum absolute atomic E-state index is 11.6. The van der Waals surface area contributed by atoms with Crippen molar-refractivity contribution in [1.82, 2.24) is 0 Å². The highest BCUT2D eigenvalue weighted by Gasteiger charge is 2.15. The highest BCUT2D eigenvalue weighted by molar-refractivity contribution is 7.84. The van der Waals surface area contributed by atoms with Crippen molar-refractivity contribution in [3.63, 3.8) is 0 Å². The third kappa shape index (κ3) is 6.31. The first kappa shape index (κ1) is 13.8. The van der Waals surface area contributed by atoms with Gasteiger partial charge in [-0.05, 0) is 44.6 Å². The normalized spacial score (nSPS) is 26.6. The zero-order valence-electron chi connectivity index (χ0n) is 10.5. The molecule has 2 unspecified atom stereocenters. The molecule has 94 valence electrons. The van der Waals surface area contributed by atoms with Crippen LogP contribution in [0.5, 0.6) is 0 Å². The molecule has 0 aliphatic carbocycles. The maximum Gasteiger partial charge on any atom is 0.0876 e. The lowest BCUT2D eigenvalue weighted by atomic mass is 10.00. The molecule has 1 rings (SSSR count). The molecule has 3 heteroatoms. The van der Waals surface area contributed by atoms with Gasteiger partial charge in [0.05, 0.1) is 12.9 Å². The van der Waals surface area contributed by atoms with E-state index in [2.05, 4.69) is 0 Å². The van der Waals surface area contributed by atoms with E-state index < -0.39 is 10.8 Å². The van der Waals surface area contributed by atoms with Crippen molar-refractivity contribution in [3.8, 4) is 0 Å². The van der Waals surface area contributed by atoms with Crippen molar-refractivity contribution in [3.05, 3.63) is 11.8 Å². The molecule has 1 aliphatic heterocycles. The van der Waals surface area contributed by atoms with E-state index in [1.807, 2.05) is 20.1 Å². The van der Waals surface area contributed by atoms with Crippen molar-refractivity contribution >= 4 is 10.8 Å². The molecular formula is C13H24O2S. The summed E-state index contributed by atoms with van der Waals surface area (Å²) in [6.45, 7) is 4.84. The average molecular weight is 244 g/mol. The summed E-state index contributed by atoms with van der Waals surface area (Å²) < 4.78 is 17.1. The zero-order valence-corrected chi connectivity index (χ0v) is 11.4. The lowest BCUT2D eigenvalue weighted by Gasteiger charge is -2.18. The number of rotatable bonds is 4. The van der Waals surface area contributed by atoms with E-state index in [4.69, 9.17) is 4.74 Å². The molecule has 16 heavy (non-hydrogen) atoms. The van der Waals surface area contributed by atoms with Crippen LogP contribution >= 0.6 is 0 Å². The first-order chi connectivity index (χ1) is 7.68. The molecule has 0 saturated carbocycles. The van der Waals surface area contributed by atoms with E-state index in [-0.39, 0.29) is 0 Å². The standard InChI is InChI=1S/C13H24O2S/c1-12(2)10-15-8-7-13-6-4-3-5-9-16(14)11-13/h10,13H,3-9,11H2,1-2H3. The van der Waals surface area contributed by atoms with Crippen LogP contribution in [-0.2, 0) is 15.5 Å². The Labute approximate surface area is 102 Å². The third-order valence-corrected chi connectivity index (χ3v) is 4.46. The molecule has 0 amide bonds. The number of hydrogen-bond acceptors (Lipinski definition) is 2. The van der Waals surface area contributed by atoms with E-state index in [0.29, 0.717) is 5.92 Å². The molecule has 0 N–H and O–H groups in total. The molecular weight excluding hydrogens is 220 g/mol. The van der Waals surface area contributed by atoms with Crippen LogP contribution < -0.4 is 0 Å². The average Bonchev–Trinajstić information content (AvgIpc) is 2.19. The van der Waals surface area contributed by atoms with Crippen LogP contribution in [0, 0.1) is 5.92 Å². The SMILES string of the molecule is CC(C)=COCCC1CCCCCS(=O)C1. The predicted octanol–water partition coefficient (Wildman–Crippen LogP) is 3.26.